The number of rotatable bonds is 5. The lowest BCUT2D eigenvalue weighted by Gasteiger charge is -2.29. The van der Waals surface area contributed by atoms with E-state index in [1.54, 1.807) is 0 Å². The molecule has 3 fully saturated rings. The van der Waals surface area contributed by atoms with Crippen LogP contribution >= 0.6 is 0 Å². The zero-order valence-electron chi connectivity index (χ0n) is 11.8. The molecular weight excluding hydrogens is 256 g/mol. The van der Waals surface area contributed by atoms with Gasteiger partial charge >= 0.3 is 5.97 Å². The maximum absolute atomic E-state index is 11.9. The van der Waals surface area contributed by atoms with Crippen LogP contribution in [-0.2, 0) is 9.59 Å². The van der Waals surface area contributed by atoms with Gasteiger partial charge in [-0.05, 0) is 43.9 Å². The van der Waals surface area contributed by atoms with Crippen LogP contribution in [0.15, 0.2) is 0 Å². The molecular formula is C15H24N2O3. The lowest BCUT2D eigenvalue weighted by atomic mass is 9.84. The number of fused-ring (bicyclic) bond motifs is 2. The largest absolute Gasteiger partial charge is 0.481 e. The first-order valence-electron chi connectivity index (χ1n) is 7.90. The molecule has 0 saturated heterocycles. The predicted octanol–water partition coefficient (Wildman–Crippen LogP) is 1.13. The first kappa shape index (κ1) is 13.9. The van der Waals surface area contributed by atoms with Crippen LogP contribution in [0.3, 0.4) is 0 Å². The van der Waals surface area contributed by atoms with Gasteiger partial charge in [0.05, 0.1) is 12.5 Å². The Labute approximate surface area is 119 Å². The molecule has 0 aromatic rings. The van der Waals surface area contributed by atoms with Crippen LogP contribution in [0.4, 0.5) is 0 Å². The lowest BCUT2D eigenvalue weighted by Crippen LogP contribution is -2.48. The Kier molecular flexibility index (Phi) is 3.96. The number of carboxylic acids is 1. The summed E-state index contributed by atoms with van der Waals surface area (Å²) in [4.78, 5) is 23.3. The molecule has 0 aromatic carbocycles. The summed E-state index contributed by atoms with van der Waals surface area (Å²) in [5.41, 5.74) is 0. The van der Waals surface area contributed by atoms with Gasteiger partial charge in [0.15, 0.2) is 0 Å². The second-order valence-electron chi connectivity index (χ2n) is 6.65. The highest BCUT2D eigenvalue weighted by atomic mass is 16.4. The summed E-state index contributed by atoms with van der Waals surface area (Å²) in [6.45, 7) is 0.258. The lowest BCUT2D eigenvalue weighted by molar-refractivity contribution is -0.144. The summed E-state index contributed by atoms with van der Waals surface area (Å²) in [6.07, 6.45) is 7.72. The van der Waals surface area contributed by atoms with Crippen molar-refractivity contribution < 1.29 is 14.7 Å². The third-order valence-corrected chi connectivity index (χ3v) is 5.42. The second kappa shape index (κ2) is 5.72. The number of hydrogen-bond acceptors (Lipinski definition) is 3. The maximum atomic E-state index is 11.9. The Balaban J connectivity index is 1.49. The van der Waals surface area contributed by atoms with Crippen LogP contribution in [0.1, 0.15) is 44.9 Å². The smallest absolute Gasteiger partial charge is 0.308 e. The van der Waals surface area contributed by atoms with Crippen molar-refractivity contribution in [1.82, 2.24) is 10.6 Å². The molecule has 3 N–H and O–H groups in total. The van der Waals surface area contributed by atoms with Crippen LogP contribution < -0.4 is 10.6 Å². The van der Waals surface area contributed by atoms with Gasteiger partial charge in [0, 0.05) is 12.1 Å². The number of aliphatic carboxylic acids is 1. The van der Waals surface area contributed by atoms with Gasteiger partial charge < -0.3 is 15.7 Å². The van der Waals surface area contributed by atoms with Crippen LogP contribution in [0.2, 0.25) is 0 Å². The molecule has 2 bridgehead atoms. The van der Waals surface area contributed by atoms with Gasteiger partial charge in [-0.3, -0.25) is 9.59 Å². The minimum atomic E-state index is -0.703. The van der Waals surface area contributed by atoms with E-state index in [9.17, 15) is 14.7 Å². The van der Waals surface area contributed by atoms with Crippen molar-refractivity contribution in [3.05, 3.63) is 0 Å². The van der Waals surface area contributed by atoms with E-state index in [1.165, 1.54) is 12.8 Å². The third-order valence-electron chi connectivity index (χ3n) is 5.42. The molecule has 5 nitrogen and oxygen atoms in total. The van der Waals surface area contributed by atoms with E-state index in [2.05, 4.69) is 10.6 Å². The van der Waals surface area contributed by atoms with Crippen LogP contribution in [-0.4, -0.2) is 35.6 Å². The van der Waals surface area contributed by atoms with E-state index in [0.717, 1.165) is 32.1 Å². The average Bonchev–Trinajstić information content (AvgIpc) is 3.11. The second-order valence-corrected chi connectivity index (χ2v) is 6.65. The molecule has 1 amide bonds. The van der Waals surface area contributed by atoms with E-state index in [0.29, 0.717) is 17.9 Å². The molecule has 3 aliphatic carbocycles. The molecule has 3 saturated carbocycles. The van der Waals surface area contributed by atoms with E-state index in [-0.39, 0.29) is 24.4 Å². The highest BCUT2D eigenvalue weighted by molar-refractivity contribution is 5.78. The van der Waals surface area contributed by atoms with Gasteiger partial charge in [-0.25, -0.2) is 0 Å². The first-order chi connectivity index (χ1) is 9.65. The van der Waals surface area contributed by atoms with Gasteiger partial charge in [0.25, 0.3) is 0 Å². The number of carboxylic acid groups (broad SMARTS) is 1. The average molecular weight is 280 g/mol. The van der Waals surface area contributed by atoms with Crippen LogP contribution in [0.25, 0.3) is 0 Å². The summed E-state index contributed by atoms with van der Waals surface area (Å²) < 4.78 is 0. The highest BCUT2D eigenvalue weighted by Gasteiger charge is 2.50. The van der Waals surface area contributed by atoms with Crippen molar-refractivity contribution >= 4 is 11.9 Å². The van der Waals surface area contributed by atoms with Crippen LogP contribution in [0.5, 0.6) is 0 Å². The number of amides is 1. The highest BCUT2D eigenvalue weighted by Crippen LogP contribution is 2.48. The Hall–Kier alpha value is -1.10. The molecule has 0 heterocycles. The summed E-state index contributed by atoms with van der Waals surface area (Å²) in [5, 5.41) is 15.6. The third kappa shape index (κ3) is 2.68. The Morgan fingerprint density at radius 1 is 1.05 bits per heavy atom. The molecule has 20 heavy (non-hydrogen) atoms. The number of carbonyl (C=O) groups is 2. The number of hydrogen-bond donors (Lipinski definition) is 3. The maximum Gasteiger partial charge on any atom is 0.308 e. The van der Waals surface area contributed by atoms with Gasteiger partial charge in [0.2, 0.25) is 5.91 Å². The molecule has 4 unspecified atom stereocenters. The summed E-state index contributed by atoms with van der Waals surface area (Å²) >= 11 is 0. The molecule has 112 valence electrons. The van der Waals surface area contributed by atoms with Gasteiger partial charge in [0.1, 0.15) is 0 Å². The summed E-state index contributed by atoms with van der Waals surface area (Å²) in [7, 11) is 0. The Morgan fingerprint density at radius 3 is 2.45 bits per heavy atom. The number of nitrogens with one attached hydrogen (secondary N) is 2. The number of carbonyl (C=O) groups excluding carboxylic acids is 1. The van der Waals surface area contributed by atoms with Gasteiger partial charge in [-0.1, -0.05) is 12.8 Å². The first-order valence-corrected chi connectivity index (χ1v) is 7.90. The SMILES string of the molecule is O=C(CNC1C2CCC(C2)C1C(=O)O)NC1CCCC1. The monoisotopic (exact) mass is 280 g/mol. The minimum Gasteiger partial charge on any atom is -0.481 e. The molecule has 0 radical (unpaired) electrons. The molecule has 0 aromatic heterocycles. The van der Waals surface area contributed by atoms with E-state index < -0.39 is 5.97 Å². The van der Waals surface area contributed by atoms with Crippen molar-refractivity contribution in [1.29, 1.82) is 0 Å². The van der Waals surface area contributed by atoms with Crippen molar-refractivity contribution in [2.45, 2.75) is 57.0 Å². The normalized spacial score (nSPS) is 36.4. The summed E-state index contributed by atoms with van der Waals surface area (Å²) in [5.74, 6) is -0.226. The Morgan fingerprint density at radius 2 is 1.75 bits per heavy atom. The molecule has 5 heteroatoms. The van der Waals surface area contributed by atoms with Gasteiger partial charge in [-0.2, -0.15) is 0 Å². The van der Waals surface area contributed by atoms with E-state index in [4.69, 9.17) is 0 Å². The quantitative estimate of drug-likeness (QED) is 0.705. The fourth-order valence-electron chi connectivity index (χ4n) is 4.50. The van der Waals surface area contributed by atoms with E-state index in [1.807, 2.05) is 0 Å². The van der Waals surface area contributed by atoms with E-state index >= 15 is 0 Å². The predicted molar refractivity (Wildman–Crippen MR) is 74.1 cm³/mol. The molecule has 3 aliphatic rings. The minimum absolute atomic E-state index is 0.0134. The fourth-order valence-corrected chi connectivity index (χ4v) is 4.50. The molecule has 4 atom stereocenters. The van der Waals surface area contributed by atoms with Gasteiger partial charge in [-0.15, -0.1) is 0 Å². The molecule has 0 aliphatic heterocycles. The molecule has 0 spiro atoms. The van der Waals surface area contributed by atoms with Crippen LogP contribution in [0, 0.1) is 17.8 Å². The topological polar surface area (TPSA) is 78.4 Å². The Bertz CT molecular complexity index is 393. The van der Waals surface area contributed by atoms with Crippen molar-refractivity contribution in [2.75, 3.05) is 6.54 Å². The standard InChI is InChI=1S/C15H24N2O3/c18-12(17-11-3-1-2-4-11)8-16-14-10-6-5-9(7-10)13(14)15(19)20/h9-11,13-14,16H,1-8H2,(H,17,18)(H,19,20). The van der Waals surface area contributed by atoms with Crippen molar-refractivity contribution in [3.8, 4) is 0 Å². The van der Waals surface area contributed by atoms with Crippen molar-refractivity contribution in [3.63, 3.8) is 0 Å². The van der Waals surface area contributed by atoms with Crippen molar-refractivity contribution in [2.24, 2.45) is 17.8 Å². The fraction of sp³-hybridized carbons (Fsp3) is 0.867. The molecule has 3 rings (SSSR count). The zero-order chi connectivity index (χ0) is 14.1. The zero-order valence-corrected chi connectivity index (χ0v) is 11.8. The summed E-state index contributed by atoms with van der Waals surface area (Å²) in [6, 6.07) is 0.320.